The van der Waals surface area contributed by atoms with E-state index >= 15 is 0 Å². The van der Waals surface area contributed by atoms with Crippen LogP contribution in [0.5, 0.6) is 0 Å². The highest BCUT2D eigenvalue weighted by Crippen LogP contribution is 2.39. The number of halogens is 3. The second-order valence-corrected chi connectivity index (χ2v) is 5.61. The van der Waals surface area contributed by atoms with Crippen LogP contribution in [-0.4, -0.2) is 31.2 Å². The number of carbonyl (C=O) groups excluding carboxylic acids is 1. The van der Waals surface area contributed by atoms with Crippen molar-refractivity contribution in [2.24, 2.45) is 11.8 Å². The summed E-state index contributed by atoms with van der Waals surface area (Å²) in [6.07, 6.45) is -0.817. The highest BCUT2D eigenvalue weighted by Gasteiger charge is 2.42. The topological polar surface area (TPSA) is 41.1 Å². The minimum Gasteiger partial charge on any atom is -0.355 e. The Bertz CT molecular complexity index is 308. The van der Waals surface area contributed by atoms with E-state index in [1.807, 2.05) is 0 Å². The Labute approximate surface area is 111 Å². The molecule has 3 nitrogen and oxygen atoms in total. The molecule has 110 valence electrons. The van der Waals surface area contributed by atoms with E-state index in [9.17, 15) is 18.0 Å². The number of rotatable bonds is 5. The van der Waals surface area contributed by atoms with Gasteiger partial charge in [0.15, 0.2) is 0 Å². The van der Waals surface area contributed by atoms with Gasteiger partial charge in [-0.05, 0) is 38.5 Å². The minimum atomic E-state index is -4.10. The smallest absolute Gasteiger partial charge is 0.355 e. The fraction of sp³-hybridized carbons (Fsp3) is 0.923. The molecule has 0 bridgehead atoms. The molecule has 0 aromatic rings. The molecule has 2 saturated carbocycles. The van der Waals surface area contributed by atoms with Crippen molar-refractivity contribution < 1.29 is 18.0 Å². The number of hydrogen-bond acceptors (Lipinski definition) is 2. The van der Waals surface area contributed by atoms with Gasteiger partial charge in [0.2, 0.25) is 5.91 Å². The van der Waals surface area contributed by atoms with Crippen LogP contribution in [0.15, 0.2) is 0 Å². The molecule has 0 atom stereocenters. The molecule has 0 radical (unpaired) electrons. The molecule has 2 rings (SSSR count). The van der Waals surface area contributed by atoms with Gasteiger partial charge in [0.1, 0.15) is 0 Å². The van der Waals surface area contributed by atoms with Crippen LogP contribution in [0.1, 0.15) is 38.5 Å². The normalized spacial score (nSPS) is 28.2. The van der Waals surface area contributed by atoms with E-state index < -0.39 is 12.1 Å². The standard InChI is InChI=1S/C13H21F3N2O/c14-13(15,16)10-3-1-9(2-4-10)12(19)18-8-7-17-11-5-6-11/h9-11,17H,1-8H2,(H,18,19). The van der Waals surface area contributed by atoms with Gasteiger partial charge in [-0.25, -0.2) is 0 Å². The third kappa shape index (κ3) is 4.67. The van der Waals surface area contributed by atoms with E-state index in [2.05, 4.69) is 10.6 Å². The molecular formula is C13H21F3N2O. The first-order chi connectivity index (χ1) is 8.97. The summed E-state index contributed by atoms with van der Waals surface area (Å²) in [5.74, 6) is -1.54. The van der Waals surface area contributed by atoms with Crippen molar-refractivity contribution in [3.05, 3.63) is 0 Å². The van der Waals surface area contributed by atoms with E-state index in [-0.39, 0.29) is 24.7 Å². The van der Waals surface area contributed by atoms with Gasteiger partial charge in [-0.1, -0.05) is 0 Å². The molecule has 2 aliphatic carbocycles. The summed E-state index contributed by atoms with van der Waals surface area (Å²) in [4.78, 5) is 11.8. The second kappa shape index (κ2) is 6.11. The van der Waals surface area contributed by atoms with Gasteiger partial charge >= 0.3 is 6.18 Å². The second-order valence-electron chi connectivity index (χ2n) is 5.61. The highest BCUT2D eigenvalue weighted by molar-refractivity contribution is 5.78. The summed E-state index contributed by atoms with van der Waals surface area (Å²) >= 11 is 0. The minimum absolute atomic E-state index is 0.0850. The third-order valence-corrected chi connectivity index (χ3v) is 4.00. The van der Waals surface area contributed by atoms with Crippen LogP contribution in [0.25, 0.3) is 0 Å². The van der Waals surface area contributed by atoms with Gasteiger partial charge in [-0.15, -0.1) is 0 Å². The fourth-order valence-electron chi connectivity index (χ4n) is 2.58. The van der Waals surface area contributed by atoms with Crippen LogP contribution in [0, 0.1) is 11.8 Å². The van der Waals surface area contributed by atoms with E-state index in [4.69, 9.17) is 0 Å². The zero-order chi connectivity index (χ0) is 13.9. The molecule has 0 aromatic carbocycles. The van der Waals surface area contributed by atoms with Gasteiger partial charge in [0.25, 0.3) is 0 Å². The third-order valence-electron chi connectivity index (χ3n) is 4.00. The maximum absolute atomic E-state index is 12.5. The van der Waals surface area contributed by atoms with E-state index in [0.717, 1.165) is 6.54 Å². The summed E-state index contributed by atoms with van der Waals surface area (Å²) < 4.78 is 37.5. The van der Waals surface area contributed by atoms with Crippen LogP contribution in [0.4, 0.5) is 13.2 Å². The molecule has 0 unspecified atom stereocenters. The molecule has 6 heteroatoms. The van der Waals surface area contributed by atoms with Crippen molar-refractivity contribution in [1.82, 2.24) is 10.6 Å². The van der Waals surface area contributed by atoms with E-state index in [1.165, 1.54) is 12.8 Å². The first-order valence-corrected chi connectivity index (χ1v) is 7.04. The van der Waals surface area contributed by atoms with Gasteiger partial charge in [0.05, 0.1) is 5.92 Å². The molecule has 2 fully saturated rings. The average molecular weight is 278 g/mol. The van der Waals surface area contributed by atoms with Crippen molar-refractivity contribution >= 4 is 5.91 Å². The molecule has 1 amide bonds. The molecular weight excluding hydrogens is 257 g/mol. The van der Waals surface area contributed by atoms with Crippen molar-refractivity contribution in [3.8, 4) is 0 Å². The summed E-state index contributed by atoms with van der Waals surface area (Å²) in [6, 6.07) is 0.610. The van der Waals surface area contributed by atoms with Gasteiger partial charge in [-0.2, -0.15) is 13.2 Å². The van der Waals surface area contributed by atoms with Crippen molar-refractivity contribution in [1.29, 1.82) is 0 Å². The van der Waals surface area contributed by atoms with E-state index in [0.29, 0.717) is 25.4 Å². The van der Waals surface area contributed by atoms with Crippen molar-refractivity contribution in [2.75, 3.05) is 13.1 Å². The Kier molecular flexibility index (Phi) is 4.71. The number of hydrogen-bond donors (Lipinski definition) is 2. The lowest BCUT2D eigenvalue weighted by Crippen LogP contribution is -2.39. The molecule has 2 aliphatic rings. The molecule has 0 aromatic heterocycles. The van der Waals surface area contributed by atoms with Crippen LogP contribution >= 0.6 is 0 Å². The summed E-state index contributed by atoms with van der Waals surface area (Å²) in [6.45, 7) is 1.31. The maximum Gasteiger partial charge on any atom is 0.391 e. The van der Waals surface area contributed by atoms with Gasteiger partial charge in [-0.3, -0.25) is 4.79 Å². The van der Waals surface area contributed by atoms with Crippen molar-refractivity contribution in [2.45, 2.75) is 50.7 Å². The first-order valence-electron chi connectivity index (χ1n) is 7.04. The Balaban J connectivity index is 1.61. The molecule has 0 heterocycles. The monoisotopic (exact) mass is 278 g/mol. The predicted octanol–water partition coefficient (Wildman–Crippen LogP) is 2.22. The van der Waals surface area contributed by atoms with Crippen LogP contribution in [0.3, 0.4) is 0 Å². The van der Waals surface area contributed by atoms with Crippen molar-refractivity contribution in [3.63, 3.8) is 0 Å². The van der Waals surface area contributed by atoms with Crippen LogP contribution in [-0.2, 0) is 4.79 Å². The SMILES string of the molecule is O=C(NCCNC1CC1)C1CCC(C(F)(F)F)CC1. The van der Waals surface area contributed by atoms with Gasteiger partial charge in [0, 0.05) is 25.0 Å². The lowest BCUT2D eigenvalue weighted by molar-refractivity contribution is -0.184. The largest absolute Gasteiger partial charge is 0.391 e. The number of nitrogens with one attached hydrogen (secondary N) is 2. The first kappa shape index (κ1) is 14.6. The highest BCUT2D eigenvalue weighted by atomic mass is 19.4. The Morgan fingerprint density at radius 1 is 1.00 bits per heavy atom. The Hall–Kier alpha value is -0.780. The molecule has 0 aliphatic heterocycles. The predicted molar refractivity (Wildman–Crippen MR) is 65.5 cm³/mol. The fourth-order valence-corrected chi connectivity index (χ4v) is 2.58. The number of carbonyl (C=O) groups is 1. The molecule has 0 spiro atoms. The number of amides is 1. The summed E-state index contributed by atoms with van der Waals surface area (Å²) in [7, 11) is 0. The Morgan fingerprint density at radius 2 is 1.63 bits per heavy atom. The van der Waals surface area contributed by atoms with Crippen LogP contribution in [0.2, 0.25) is 0 Å². The quantitative estimate of drug-likeness (QED) is 0.757. The Morgan fingerprint density at radius 3 is 2.16 bits per heavy atom. The molecule has 0 saturated heterocycles. The number of alkyl halides is 3. The summed E-state index contributed by atoms with van der Waals surface area (Å²) in [5, 5.41) is 6.08. The van der Waals surface area contributed by atoms with Crippen LogP contribution < -0.4 is 10.6 Å². The lowest BCUT2D eigenvalue weighted by atomic mass is 9.81. The van der Waals surface area contributed by atoms with Gasteiger partial charge < -0.3 is 10.6 Å². The molecule has 19 heavy (non-hydrogen) atoms. The summed E-state index contributed by atoms with van der Waals surface area (Å²) in [5.41, 5.74) is 0. The maximum atomic E-state index is 12.5. The average Bonchev–Trinajstić information content (AvgIpc) is 3.17. The lowest BCUT2D eigenvalue weighted by Gasteiger charge is -2.29. The van der Waals surface area contributed by atoms with E-state index in [1.54, 1.807) is 0 Å². The zero-order valence-corrected chi connectivity index (χ0v) is 10.9. The zero-order valence-electron chi connectivity index (χ0n) is 10.9. The molecule has 2 N–H and O–H groups in total.